The molecule has 2 aromatic carbocycles. The van der Waals surface area contributed by atoms with Crippen LogP contribution >= 0.6 is 0 Å². The molecule has 2 aromatic rings. The summed E-state index contributed by atoms with van der Waals surface area (Å²) >= 11 is 0. The summed E-state index contributed by atoms with van der Waals surface area (Å²) < 4.78 is 18.7. The van der Waals surface area contributed by atoms with E-state index >= 15 is 0 Å². The van der Waals surface area contributed by atoms with Crippen LogP contribution in [0.1, 0.15) is 18.4 Å². The van der Waals surface area contributed by atoms with E-state index in [2.05, 4.69) is 10.6 Å². The molecule has 1 atom stereocenters. The molecule has 1 saturated heterocycles. The summed E-state index contributed by atoms with van der Waals surface area (Å²) in [5.74, 6) is 0.146. The molecule has 1 unspecified atom stereocenters. The van der Waals surface area contributed by atoms with E-state index in [9.17, 15) is 9.18 Å². The Hall–Kier alpha value is -2.40. The second kappa shape index (κ2) is 7.24. The first-order valence-electron chi connectivity index (χ1n) is 7.72. The van der Waals surface area contributed by atoms with Gasteiger partial charge in [0.05, 0.1) is 6.04 Å². The molecule has 4 nitrogen and oxygen atoms in total. The summed E-state index contributed by atoms with van der Waals surface area (Å²) in [4.78, 5) is 12.1. The van der Waals surface area contributed by atoms with Crippen molar-refractivity contribution in [2.45, 2.75) is 25.5 Å². The Morgan fingerprint density at radius 3 is 2.91 bits per heavy atom. The second-order valence-corrected chi connectivity index (χ2v) is 5.58. The van der Waals surface area contributed by atoms with Crippen LogP contribution in [0.3, 0.4) is 0 Å². The number of halogens is 1. The van der Waals surface area contributed by atoms with Gasteiger partial charge in [0.15, 0.2) is 0 Å². The van der Waals surface area contributed by atoms with Crippen LogP contribution < -0.4 is 15.4 Å². The molecule has 1 heterocycles. The van der Waals surface area contributed by atoms with Gasteiger partial charge in [0.2, 0.25) is 5.91 Å². The van der Waals surface area contributed by atoms with E-state index < -0.39 is 0 Å². The minimum atomic E-state index is -0.326. The molecule has 1 fully saturated rings. The molecular weight excluding hydrogens is 295 g/mol. The predicted octanol–water partition coefficient (Wildman–Crippen LogP) is 3.10. The van der Waals surface area contributed by atoms with Gasteiger partial charge in [-0.1, -0.05) is 18.2 Å². The second-order valence-electron chi connectivity index (χ2n) is 5.58. The van der Waals surface area contributed by atoms with Crippen LogP contribution in [0.2, 0.25) is 0 Å². The lowest BCUT2D eigenvalue weighted by atomic mass is 10.2. The average molecular weight is 314 g/mol. The van der Waals surface area contributed by atoms with Gasteiger partial charge in [0, 0.05) is 11.8 Å². The van der Waals surface area contributed by atoms with E-state index in [4.69, 9.17) is 4.74 Å². The quantitative estimate of drug-likeness (QED) is 0.891. The highest BCUT2D eigenvalue weighted by molar-refractivity contribution is 5.95. The van der Waals surface area contributed by atoms with Crippen molar-refractivity contribution >= 4 is 11.6 Å². The number of ether oxygens (including phenoxy) is 1. The number of rotatable bonds is 5. The van der Waals surface area contributed by atoms with Crippen LogP contribution in [0.15, 0.2) is 48.5 Å². The molecule has 0 bridgehead atoms. The van der Waals surface area contributed by atoms with Crippen LogP contribution in [0.5, 0.6) is 5.75 Å². The number of nitrogens with one attached hydrogen (secondary N) is 2. The van der Waals surface area contributed by atoms with Gasteiger partial charge in [0.1, 0.15) is 18.2 Å². The van der Waals surface area contributed by atoms with E-state index in [1.54, 1.807) is 12.1 Å². The van der Waals surface area contributed by atoms with Crippen molar-refractivity contribution in [3.63, 3.8) is 0 Å². The Morgan fingerprint density at radius 2 is 2.13 bits per heavy atom. The molecule has 0 saturated carbocycles. The lowest BCUT2D eigenvalue weighted by Gasteiger charge is -2.12. The Labute approximate surface area is 134 Å². The Bertz CT molecular complexity index is 684. The highest BCUT2D eigenvalue weighted by atomic mass is 19.1. The number of benzene rings is 2. The first-order chi connectivity index (χ1) is 11.2. The lowest BCUT2D eigenvalue weighted by molar-refractivity contribution is -0.117. The molecule has 2 N–H and O–H groups in total. The third-order valence-corrected chi connectivity index (χ3v) is 3.77. The van der Waals surface area contributed by atoms with E-state index in [0.29, 0.717) is 12.4 Å². The molecule has 0 spiro atoms. The first-order valence-corrected chi connectivity index (χ1v) is 7.72. The summed E-state index contributed by atoms with van der Waals surface area (Å²) in [6, 6.07) is 13.4. The fourth-order valence-corrected chi connectivity index (χ4v) is 2.60. The summed E-state index contributed by atoms with van der Waals surface area (Å²) in [6.07, 6.45) is 1.90. The minimum Gasteiger partial charge on any atom is -0.489 e. The van der Waals surface area contributed by atoms with Crippen molar-refractivity contribution in [1.29, 1.82) is 0 Å². The fourth-order valence-electron chi connectivity index (χ4n) is 2.60. The molecule has 1 aliphatic heterocycles. The van der Waals surface area contributed by atoms with E-state index in [-0.39, 0.29) is 17.8 Å². The van der Waals surface area contributed by atoms with Crippen molar-refractivity contribution in [3.05, 3.63) is 59.9 Å². The molecule has 0 radical (unpaired) electrons. The zero-order valence-electron chi connectivity index (χ0n) is 12.7. The average Bonchev–Trinajstić information content (AvgIpc) is 3.08. The summed E-state index contributed by atoms with van der Waals surface area (Å²) in [7, 11) is 0. The molecule has 1 aliphatic rings. The van der Waals surface area contributed by atoms with Crippen LogP contribution in [0.25, 0.3) is 0 Å². The van der Waals surface area contributed by atoms with Gasteiger partial charge >= 0.3 is 0 Å². The molecule has 23 heavy (non-hydrogen) atoms. The van der Waals surface area contributed by atoms with Gasteiger partial charge in [-0.15, -0.1) is 0 Å². The Morgan fingerprint density at radius 1 is 1.26 bits per heavy atom. The molecule has 0 aromatic heterocycles. The number of carbonyl (C=O) groups excluding carboxylic acids is 1. The van der Waals surface area contributed by atoms with Crippen molar-refractivity contribution in [1.82, 2.24) is 5.32 Å². The maximum atomic E-state index is 13.1. The van der Waals surface area contributed by atoms with Crippen LogP contribution in [0, 0.1) is 5.82 Å². The van der Waals surface area contributed by atoms with Gasteiger partial charge in [0.25, 0.3) is 0 Å². The number of carbonyl (C=O) groups is 1. The van der Waals surface area contributed by atoms with Crippen molar-refractivity contribution in [3.8, 4) is 5.75 Å². The lowest BCUT2D eigenvalue weighted by Crippen LogP contribution is -2.35. The highest BCUT2D eigenvalue weighted by Gasteiger charge is 2.21. The van der Waals surface area contributed by atoms with Crippen molar-refractivity contribution < 1.29 is 13.9 Å². The SMILES string of the molecule is O=C(Nc1cccc(COc2cccc(F)c2)c1)C1CCCN1. The van der Waals surface area contributed by atoms with E-state index in [1.807, 2.05) is 24.3 Å². The zero-order valence-corrected chi connectivity index (χ0v) is 12.7. The van der Waals surface area contributed by atoms with Gasteiger partial charge in [-0.2, -0.15) is 0 Å². The largest absolute Gasteiger partial charge is 0.489 e. The smallest absolute Gasteiger partial charge is 0.241 e. The summed E-state index contributed by atoms with van der Waals surface area (Å²) in [6.45, 7) is 1.20. The molecular formula is C18H19FN2O2. The first kappa shape index (κ1) is 15.5. The predicted molar refractivity (Wildman–Crippen MR) is 86.8 cm³/mol. The number of anilines is 1. The molecule has 5 heteroatoms. The third kappa shape index (κ3) is 4.29. The molecule has 0 aliphatic carbocycles. The molecule has 3 rings (SSSR count). The van der Waals surface area contributed by atoms with Gasteiger partial charge in [-0.25, -0.2) is 4.39 Å². The summed E-state index contributed by atoms with van der Waals surface area (Å²) in [5, 5.41) is 6.09. The topological polar surface area (TPSA) is 50.4 Å². The maximum Gasteiger partial charge on any atom is 0.241 e. The van der Waals surface area contributed by atoms with E-state index in [1.165, 1.54) is 12.1 Å². The fraction of sp³-hybridized carbons (Fsp3) is 0.278. The highest BCUT2D eigenvalue weighted by Crippen LogP contribution is 2.17. The number of hydrogen-bond acceptors (Lipinski definition) is 3. The Kier molecular flexibility index (Phi) is 4.88. The zero-order chi connectivity index (χ0) is 16.1. The third-order valence-electron chi connectivity index (χ3n) is 3.77. The number of amides is 1. The van der Waals surface area contributed by atoms with Crippen LogP contribution in [-0.4, -0.2) is 18.5 Å². The minimum absolute atomic E-state index is 0.00861. The van der Waals surface area contributed by atoms with Gasteiger partial charge in [-0.3, -0.25) is 4.79 Å². The number of hydrogen-bond donors (Lipinski definition) is 2. The van der Waals surface area contributed by atoms with Gasteiger partial charge in [-0.05, 0) is 49.2 Å². The molecule has 120 valence electrons. The van der Waals surface area contributed by atoms with Gasteiger partial charge < -0.3 is 15.4 Å². The van der Waals surface area contributed by atoms with E-state index in [0.717, 1.165) is 30.6 Å². The van der Waals surface area contributed by atoms with Crippen LogP contribution in [0.4, 0.5) is 10.1 Å². The monoisotopic (exact) mass is 314 g/mol. The normalized spacial score (nSPS) is 17.0. The Balaban J connectivity index is 1.59. The van der Waals surface area contributed by atoms with Crippen molar-refractivity contribution in [2.75, 3.05) is 11.9 Å². The van der Waals surface area contributed by atoms with Crippen molar-refractivity contribution in [2.24, 2.45) is 0 Å². The standard InChI is InChI=1S/C18H19FN2O2/c19-14-5-2-7-16(11-14)23-12-13-4-1-6-15(10-13)21-18(22)17-8-3-9-20-17/h1-2,4-7,10-11,17,20H,3,8-9,12H2,(H,21,22). The molecule has 1 amide bonds. The maximum absolute atomic E-state index is 13.1. The van der Waals surface area contributed by atoms with Crippen LogP contribution in [-0.2, 0) is 11.4 Å². The summed E-state index contributed by atoms with van der Waals surface area (Å²) in [5.41, 5.74) is 1.65.